The van der Waals surface area contributed by atoms with E-state index in [2.05, 4.69) is 9.97 Å². The van der Waals surface area contributed by atoms with E-state index in [0.717, 1.165) is 11.3 Å². The van der Waals surface area contributed by atoms with Gasteiger partial charge >= 0.3 is 0 Å². The van der Waals surface area contributed by atoms with Crippen molar-refractivity contribution in [1.82, 2.24) is 9.97 Å². The summed E-state index contributed by atoms with van der Waals surface area (Å²) >= 11 is 0. The van der Waals surface area contributed by atoms with E-state index in [1.54, 1.807) is 6.07 Å². The van der Waals surface area contributed by atoms with Gasteiger partial charge in [-0.1, -0.05) is 12.1 Å². The van der Waals surface area contributed by atoms with Crippen LogP contribution in [0.15, 0.2) is 30.3 Å². The van der Waals surface area contributed by atoms with Crippen LogP contribution in [0, 0.1) is 0 Å². The van der Waals surface area contributed by atoms with E-state index < -0.39 is 0 Å². The highest BCUT2D eigenvalue weighted by molar-refractivity contribution is 5.64. The molecule has 1 aromatic heterocycles. The smallest absolute Gasteiger partial charge is 0.222 e. The second-order valence-corrected chi connectivity index (χ2v) is 4.23. The molecule has 1 aromatic carbocycles. The molecule has 1 heterocycles. The minimum absolute atomic E-state index is 0.126. The lowest BCUT2D eigenvalue weighted by Gasteiger charge is -2.11. The molecule has 0 aliphatic rings. The third kappa shape index (κ3) is 2.88. The molecule has 5 heteroatoms. The minimum atomic E-state index is 0.126. The number of nitrogens with zero attached hydrogens (tertiary/aromatic N) is 2. The van der Waals surface area contributed by atoms with Crippen LogP contribution >= 0.6 is 0 Å². The maximum atomic E-state index is 5.65. The van der Waals surface area contributed by atoms with E-state index in [9.17, 15) is 0 Å². The number of hydrogen-bond acceptors (Lipinski definition) is 5. The van der Waals surface area contributed by atoms with Crippen molar-refractivity contribution in [2.24, 2.45) is 0 Å². The number of benzene rings is 1. The van der Waals surface area contributed by atoms with E-state index in [-0.39, 0.29) is 12.1 Å². The zero-order valence-corrected chi connectivity index (χ0v) is 10.4. The zero-order chi connectivity index (χ0) is 13.1. The molecular weight excluding hydrogens is 228 g/mol. The highest BCUT2D eigenvalue weighted by Crippen LogP contribution is 2.24. The summed E-state index contributed by atoms with van der Waals surface area (Å²) in [4.78, 5) is 8.00. The lowest BCUT2D eigenvalue weighted by atomic mass is 10.1. The van der Waals surface area contributed by atoms with Crippen LogP contribution < -0.4 is 16.2 Å². The van der Waals surface area contributed by atoms with Crippen molar-refractivity contribution in [1.29, 1.82) is 0 Å². The summed E-state index contributed by atoms with van der Waals surface area (Å²) in [5, 5.41) is 0. The zero-order valence-electron chi connectivity index (χ0n) is 10.4. The molecule has 0 aliphatic heterocycles. The second kappa shape index (κ2) is 4.91. The Balaban J connectivity index is 2.38. The Bertz CT molecular complexity index is 534. The van der Waals surface area contributed by atoms with Crippen LogP contribution in [0.5, 0.6) is 5.75 Å². The van der Waals surface area contributed by atoms with Crippen LogP contribution in [0.1, 0.15) is 13.8 Å². The Morgan fingerprint density at radius 3 is 2.56 bits per heavy atom. The van der Waals surface area contributed by atoms with Crippen LogP contribution in [0.25, 0.3) is 11.3 Å². The molecule has 0 spiro atoms. The fraction of sp³-hybridized carbons (Fsp3) is 0.231. The van der Waals surface area contributed by atoms with Gasteiger partial charge in [0.25, 0.3) is 0 Å². The van der Waals surface area contributed by atoms with Crippen molar-refractivity contribution in [3.05, 3.63) is 30.3 Å². The largest absolute Gasteiger partial charge is 0.491 e. The molecule has 0 atom stereocenters. The fourth-order valence-electron chi connectivity index (χ4n) is 1.63. The molecule has 0 saturated carbocycles. The molecule has 0 fully saturated rings. The highest BCUT2D eigenvalue weighted by Gasteiger charge is 2.05. The minimum Gasteiger partial charge on any atom is -0.491 e. The van der Waals surface area contributed by atoms with Crippen LogP contribution in [-0.4, -0.2) is 16.1 Å². The Hall–Kier alpha value is -2.30. The van der Waals surface area contributed by atoms with Crippen molar-refractivity contribution in [2.45, 2.75) is 20.0 Å². The van der Waals surface area contributed by atoms with Gasteiger partial charge in [0.15, 0.2) is 0 Å². The van der Waals surface area contributed by atoms with Gasteiger partial charge in [0.1, 0.15) is 11.6 Å². The van der Waals surface area contributed by atoms with Crippen molar-refractivity contribution >= 4 is 11.8 Å². The molecule has 18 heavy (non-hydrogen) atoms. The number of hydrogen-bond donors (Lipinski definition) is 2. The molecule has 94 valence electrons. The van der Waals surface area contributed by atoms with Gasteiger partial charge in [-0.25, -0.2) is 4.98 Å². The summed E-state index contributed by atoms with van der Waals surface area (Å²) < 4.78 is 5.63. The maximum Gasteiger partial charge on any atom is 0.222 e. The average molecular weight is 244 g/mol. The summed E-state index contributed by atoms with van der Waals surface area (Å²) in [6.07, 6.45) is 0.126. The molecule has 4 N–H and O–H groups in total. The van der Waals surface area contributed by atoms with Crippen LogP contribution in [0.3, 0.4) is 0 Å². The Labute approximate surface area is 106 Å². The predicted molar refractivity (Wildman–Crippen MR) is 72.1 cm³/mol. The number of aromatic nitrogens is 2. The number of anilines is 2. The van der Waals surface area contributed by atoms with Gasteiger partial charge in [-0.05, 0) is 26.0 Å². The quantitative estimate of drug-likeness (QED) is 0.863. The molecule has 2 rings (SSSR count). The maximum absolute atomic E-state index is 5.65. The summed E-state index contributed by atoms with van der Waals surface area (Å²) in [6.45, 7) is 3.96. The van der Waals surface area contributed by atoms with Crippen LogP contribution in [-0.2, 0) is 0 Å². The molecule has 5 nitrogen and oxygen atoms in total. The van der Waals surface area contributed by atoms with Gasteiger partial charge < -0.3 is 16.2 Å². The standard InChI is InChI=1S/C13H16N4O/c1-8(2)18-10-5-3-4-9(6-10)11-7-12(14)17-13(15)16-11/h3-8H,1-2H3,(H4,14,15,16,17). The number of nitrogen functional groups attached to an aromatic ring is 2. The summed E-state index contributed by atoms with van der Waals surface area (Å²) in [6, 6.07) is 9.32. The summed E-state index contributed by atoms with van der Waals surface area (Å²) in [7, 11) is 0. The van der Waals surface area contributed by atoms with Crippen molar-refractivity contribution in [3.8, 4) is 17.0 Å². The molecule has 2 aromatic rings. The lowest BCUT2D eigenvalue weighted by Crippen LogP contribution is -2.05. The molecular formula is C13H16N4O. The van der Waals surface area contributed by atoms with Crippen molar-refractivity contribution in [3.63, 3.8) is 0 Å². The average Bonchev–Trinajstić information content (AvgIpc) is 2.27. The van der Waals surface area contributed by atoms with E-state index in [4.69, 9.17) is 16.2 Å². The number of rotatable bonds is 3. The van der Waals surface area contributed by atoms with Gasteiger partial charge in [-0.3, -0.25) is 0 Å². The first kappa shape index (κ1) is 12.2. The molecule has 0 aliphatic carbocycles. The SMILES string of the molecule is CC(C)Oc1cccc(-c2cc(N)nc(N)n2)c1. The summed E-state index contributed by atoms with van der Waals surface area (Å²) in [5.74, 6) is 1.31. The Morgan fingerprint density at radius 1 is 1.11 bits per heavy atom. The van der Waals surface area contributed by atoms with E-state index in [1.165, 1.54) is 0 Å². The van der Waals surface area contributed by atoms with Gasteiger partial charge in [0.2, 0.25) is 5.95 Å². The number of ether oxygens (including phenoxy) is 1. The van der Waals surface area contributed by atoms with Crippen LogP contribution in [0.2, 0.25) is 0 Å². The van der Waals surface area contributed by atoms with Crippen LogP contribution in [0.4, 0.5) is 11.8 Å². The van der Waals surface area contributed by atoms with Crippen molar-refractivity contribution in [2.75, 3.05) is 11.5 Å². The number of nitrogens with two attached hydrogens (primary N) is 2. The lowest BCUT2D eigenvalue weighted by molar-refractivity contribution is 0.242. The molecule has 0 bridgehead atoms. The second-order valence-electron chi connectivity index (χ2n) is 4.23. The predicted octanol–water partition coefficient (Wildman–Crippen LogP) is 2.10. The van der Waals surface area contributed by atoms with Gasteiger partial charge in [-0.2, -0.15) is 4.98 Å². The van der Waals surface area contributed by atoms with Gasteiger partial charge in [0.05, 0.1) is 11.8 Å². The topological polar surface area (TPSA) is 87.0 Å². The molecule has 0 unspecified atom stereocenters. The molecule has 0 amide bonds. The summed E-state index contributed by atoms with van der Waals surface area (Å²) in [5.41, 5.74) is 12.8. The first-order valence-electron chi connectivity index (χ1n) is 5.72. The molecule has 0 saturated heterocycles. The van der Waals surface area contributed by atoms with Gasteiger partial charge in [-0.15, -0.1) is 0 Å². The third-order valence-electron chi connectivity index (χ3n) is 2.26. The van der Waals surface area contributed by atoms with E-state index in [0.29, 0.717) is 11.5 Å². The van der Waals surface area contributed by atoms with Gasteiger partial charge in [0, 0.05) is 11.6 Å². The Morgan fingerprint density at radius 2 is 1.89 bits per heavy atom. The van der Waals surface area contributed by atoms with E-state index in [1.807, 2.05) is 38.1 Å². The monoisotopic (exact) mass is 244 g/mol. The normalized spacial score (nSPS) is 10.6. The molecule has 0 radical (unpaired) electrons. The highest BCUT2D eigenvalue weighted by atomic mass is 16.5. The van der Waals surface area contributed by atoms with Crippen molar-refractivity contribution < 1.29 is 4.74 Å². The van der Waals surface area contributed by atoms with E-state index >= 15 is 0 Å². The first-order chi connectivity index (χ1) is 8.54. The third-order valence-corrected chi connectivity index (χ3v) is 2.26. The first-order valence-corrected chi connectivity index (χ1v) is 5.72. The fourth-order valence-corrected chi connectivity index (χ4v) is 1.63. The Kier molecular flexibility index (Phi) is 3.32.